The quantitative estimate of drug-likeness (QED) is 0.201. The normalized spacial score (nSPS) is 11.8. The van der Waals surface area contributed by atoms with Crippen LogP contribution in [0.1, 0.15) is 91.4 Å². The predicted octanol–water partition coefficient (Wildman–Crippen LogP) is 7.39. The van der Waals surface area contributed by atoms with E-state index in [4.69, 9.17) is 9.47 Å². The molecule has 32 heavy (non-hydrogen) atoms. The molecule has 0 fully saturated rings. The first kappa shape index (κ1) is 25.8. The molecular formula is C27H40N2O3. The predicted molar refractivity (Wildman–Crippen MR) is 130 cm³/mol. The number of ether oxygens (including phenoxy) is 2. The van der Waals surface area contributed by atoms with Crippen molar-refractivity contribution in [2.24, 2.45) is 5.92 Å². The molecule has 0 N–H and O–H groups in total. The highest BCUT2D eigenvalue weighted by atomic mass is 16.5. The summed E-state index contributed by atoms with van der Waals surface area (Å²) in [5, 5.41) is 0. The van der Waals surface area contributed by atoms with Gasteiger partial charge in [0, 0.05) is 5.56 Å². The number of carbonyl (C=O) groups is 1. The molecule has 2 aromatic rings. The molecule has 1 aromatic heterocycles. The topological polar surface area (TPSA) is 61.3 Å². The molecule has 0 aliphatic carbocycles. The van der Waals surface area contributed by atoms with Gasteiger partial charge in [0.25, 0.3) is 0 Å². The van der Waals surface area contributed by atoms with Crippen LogP contribution in [0.4, 0.5) is 0 Å². The smallest absolute Gasteiger partial charge is 0.325 e. The van der Waals surface area contributed by atoms with Gasteiger partial charge in [-0.1, -0.05) is 109 Å². The van der Waals surface area contributed by atoms with Gasteiger partial charge in [0.2, 0.25) is 0 Å². The maximum atomic E-state index is 12.1. The average molecular weight is 441 g/mol. The Balaban J connectivity index is 1.84. The first-order chi connectivity index (χ1) is 15.7. The van der Waals surface area contributed by atoms with E-state index in [9.17, 15) is 4.79 Å². The molecule has 5 nitrogen and oxygen atoms in total. The van der Waals surface area contributed by atoms with Crippen molar-refractivity contribution >= 4 is 5.97 Å². The summed E-state index contributed by atoms with van der Waals surface area (Å²) in [6.07, 6.45) is 15.2. The van der Waals surface area contributed by atoms with E-state index in [0.29, 0.717) is 24.5 Å². The molecule has 0 radical (unpaired) electrons. The van der Waals surface area contributed by atoms with Gasteiger partial charge in [0.05, 0.1) is 18.7 Å². The van der Waals surface area contributed by atoms with Gasteiger partial charge in [-0.05, 0) is 12.8 Å². The standard InChI is InChI=1S/C27H40N2O3/c1-4-6-7-8-9-10-11-12-13-17-20-31-24-21-28-27(32-26(30)22(3)5-2)29-25(24)23-18-15-14-16-19-23/h14-16,18-19,21-22H,4-13,17,20H2,1-3H3. The molecule has 1 heterocycles. The van der Waals surface area contributed by atoms with E-state index in [1.54, 1.807) is 6.20 Å². The monoisotopic (exact) mass is 440 g/mol. The zero-order chi connectivity index (χ0) is 23.0. The molecule has 0 amide bonds. The number of benzene rings is 1. The zero-order valence-electron chi connectivity index (χ0n) is 20.1. The summed E-state index contributed by atoms with van der Waals surface area (Å²) in [7, 11) is 0. The van der Waals surface area contributed by atoms with E-state index in [-0.39, 0.29) is 17.9 Å². The van der Waals surface area contributed by atoms with Gasteiger partial charge in [0.15, 0.2) is 5.75 Å². The number of aromatic nitrogens is 2. The van der Waals surface area contributed by atoms with Crippen molar-refractivity contribution in [3.05, 3.63) is 36.5 Å². The Hall–Kier alpha value is -2.43. The van der Waals surface area contributed by atoms with Gasteiger partial charge >= 0.3 is 12.0 Å². The molecule has 0 spiro atoms. The first-order valence-corrected chi connectivity index (χ1v) is 12.4. The summed E-state index contributed by atoms with van der Waals surface area (Å²) >= 11 is 0. The minimum Gasteiger partial charge on any atom is -0.490 e. The second-order valence-electron chi connectivity index (χ2n) is 8.49. The van der Waals surface area contributed by atoms with E-state index in [1.165, 1.54) is 57.8 Å². The van der Waals surface area contributed by atoms with Crippen molar-refractivity contribution in [1.82, 2.24) is 9.97 Å². The van der Waals surface area contributed by atoms with Crippen molar-refractivity contribution in [1.29, 1.82) is 0 Å². The molecular weight excluding hydrogens is 400 g/mol. The Bertz CT molecular complexity index is 780. The summed E-state index contributed by atoms with van der Waals surface area (Å²) < 4.78 is 11.4. The molecule has 1 atom stereocenters. The van der Waals surface area contributed by atoms with Crippen LogP contribution in [0.15, 0.2) is 36.5 Å². The lowest BCUT2D eigenvalue weighted by atomic mass is 10.1. The Morgan fingerprint density at radius 3 is 2.16 bits per heavy atom. The maximum absolute atomic E-state index is 12.1. The first-order valence-electron chi connectivity index (χ1n) is 12.4. The molecule has 0 bridgehead atoms. The fraction of sp³-hybridized carbons (Fsp3) is 0.593. The summed E-state index contributed by atoms with van der Waals surface area (Å²) in [5.74, 6) is 0.118. The number of unbranched alkanes of at least 4 members (excludes halogenated alkanes) is 9. The largest absolute Gasteiger partial charge is 0.490 e. The summed E-state index contributed by atoms with van der Waals surface area (Å²) in [6, 6.07) is 9.87. The van der Waals surface area contributed by atoms with E-state index in [1.807, 2.05) is 44.2 Å². The van der Waals surface area contributed by atoms with Crippen LogP contribution in [0, 0.1) is 5.92 Å². The van der Waals surface area contributed by atoms with E-state index < -0.39 is 0 Å². The lowest BCUT2D eigenvalue weighted by Crippen LogP contribution is -2.18. The lowest BCUT2D eigenvalue weighted by molar-refractivity contribution is -0.139. The molecule has 0 saturated carbocycles. The Labute approximate surface area is 194 Å². The molecule has 0 aliphatic rings. The van der Waals surface area contributed by atoms with Crippen molar-refractivity contribution in [2.75, 3.05) is 6.61 Å². The van der Waals surface area contributed by atoms with Crippen LogP contribution in [0.3, 0.4) is 0 Å². The van der Waals surface area contributed by atoms with Gasteiger partial charge in [-0.3, -0.25) is 4.79 Å². The highest BCUT2D eigenvalue weighted by Crippen LogP contribution is 2.29. The zero-order valence-corrected chi connectivity index (χ0v) is 20.1. The molecule has 1 unspecified atom stereocenters. The van der Waals surface area contributed by atoms with Gasteiger partial charge in [-0.25, -0.2) is 0 Å². The lowest BCUT2D eigenvalue weighted by Gasteiger charge is -2.13. The number of nitrogens with zero attached hydrogens (tertiary/aromatic N) is 2. The van der Waals surface area contributed by atoms with Crippen LogP contribution < -0.4 is 9.47 Å². The average Bonchev–Trinajstić information content (AvgIpc) is 2.83. The Morgan fingerprint density at radius 1 is 0.906 bits per heavy atom. The summed E-state index contributed by atoms with van der Waals surface area (Å²) in [6.45, 7) is 6.68. The van der Waals surface area contributed by atoms with E-state index >= 15 is 0 Å². The second kappa shape index (κ2) is 15.4. The molecule has 0 aliphatic heterocycles. The van der Waals surface area contributed by atoms with Gasteiger partial charge in [-0.2, -0.15) is 9.97 Å². The third kappa shape index (κ3) is 9.37. The highest BCUT2D eigenvalue weighted by Gasteiger charge is 2.17. The van der Waals surface area contributed by atoms with Crippen LogP contribution >= 0.6 is 0 Å². The van der Waals surface area contributed by atoms with Gasteiger partial charge in [0.1, 0.15) is 5.69 Å². The fourth-order valence-corrected chi connectivity index (χ4v) is 3.44. The van der Waals surface area contributed by atoms with Crippen molar-refractivity contribution in [3.8, 4) is 23.0 Å². The highest BCUT2D eigenvalue weighted by molar-refractivity contribution is 5.74. The number of carbonyl (C=O) groups excluding carboxylic acids is 1. The van der Waals surface area contributed by atoms with Gasteiger partial charge < -0.3 is 9.47 Å². The Morgan fingerprint density at radius 2 is 1.53 bits per heavy atom. The van der Waals surface area contributed by atoms with Crippen molar-refractivity contribution in [3.63, 3.8) is 0 Å². The number of hydrogen-bond donors (Lipinski definition) is 0. The molecule has 2 rings (SSSR count). The van der Waals surface area contributed by atoms with Gasteiger partial charge in [-0.15, -0.1) is 0 Å². The SMILES string of the molecule is CCCCCCCCCCCCOc1cnc(OC(=O)C(C)CC)nc1-c1ccccc1. The maximum Gasteiger partial charge on any atom is 0.325 e. The summed E-state index contributed by atoms with van der Waals surface area (Å²) in [5.41, 5.74) is 1.56. The van der Waals surface area contributed by atoms with Crippen LogP contribution in [-0.2, 0) is 4.79 Å². The van der Waals surface area contributed by atoms with Crippen LogP contribution in [0.2, 0.25) is 0 Å². The summed E-state index contributed by atoms with van der Waals surface area (Å²) in [4.78, 5) is 20.8. The van der Waals surface area contributed by atoms with E-state index in [0.717, 1.165) is 12.0 Å². The van der Waals surface area contributed by atoms with Crippen LogP contribution in [-0.4, -0.2) is 22.5 Å². The molecule has 5 heteroatoms. The molecule has 1 aromatic carbocycles. The second-order valence-corrected chi connectivity index (χ2v) is 8.49. The Kier molecular flexibility index (Phi) is 12.4. The minimum absolute atomic E-state index is 0.0699. The molecule has 0 saturated heterocycles. The van der Waals surface area contributed by atoms with Crippen molar-refractivity contribution < 1.29 is 14.3 Å². The number of hydrogen-bond acceptors (Lipinski definition) is 5. The number of rotatable bonds is 16. The van der Waals surface area contributed by atoms with Crippen LogP contribution in [0.5, 0.6) is 11.8 Å². The minimum atomic E-state index is -0.314. The third-order valence-electron chi connectivity index (χ3n) is 5.74. The fourth-order valence-electron chi connectivity index (χ4n) is 3.44. The number of esters is 1. The van der Waals surface area contributed by atoms with Crippen molar-refractivity contribution in [2.45, 2.75) is 91.4 Å². The molecule has 176 valence electrons. The van der Waals surface area contributed by atoms with Crippen LogP contribution in [0.25, 0.3) is 11.3 Å². The third-order valence-corrected chi connectivity index (χ3v) is 5.74. The van der Waals surface area contributed by atoms with E-state index in [2.05, 4.69) is 16.9 Å².